The van der Waals surface area contributed by atoms with Crippen LogP contribution in [0.5, 0.6) is 11.5 Å². The van der Waals surface area contributed by atoms with E-state index in [-0.39, 0.29) is 17.0 Å². The first kappa shape index (κ1) is 20.5. The fourth-order valence-electron chi connectivity index (χ4n) is 2.68. The molecule has 0 atom stereocenters. The van der Waals surface area contributed by atoms with Crippen molar-refractivity contribution in [1.82, 2.24) is 9.97 Å². The summed E-state index contributed by atoms with van der Waals surface area (Å²) in [6, 6.07) is 4.02. The van der Waals surface area contributed by atoms with E-state index in [1.807, 2.05) is 0 Å². The second-order valence-corrected chi connectivity index (χ2v) is 5.83. The summed E-state index contributed by atoms with van der Waals surface area (Å²) in [5, 5.41) is 2.59. The van der Waals surface area contributed by atoms with Crippen molar-refractivity contribution in [2.75, 3.05) is 19.5 Å². The van der Waals surface area contributed by atoms with Crippen LogP contribution in [0, 0.1) is 0 Å². The van der Waals surface area contributed by atoms with Crippen molar-refractivity contribution in [2.24, 2.45) is 0 Å². The average Bonchev–Trinajstić information content (AvgIpc) is 2.65. The summed E-state index contributed by atoms with van der Waals surface area (Å²) in [5.74, 6) is 0.443. The number of rotatable bonds is 4. The van der Waals surface area contributed by atoms with Gasteiger partial charge in [0.05, 0.1) is 36.6 Å². The molecule has 0 aliphatic carbocycles. The molecule has 1 N–H and O–H groups in total. The second-order valence-electron chi connectivity index (χ2n) is 5.83. The van der Waals surface area contributed by atoms with Crippen molar-refractivity contribution in [3.63, 3.8) is 0 Å². The first-order chi connectivity index (χ1) is 13.5. The number of ether oxygens (including phenoxy) is 2. The summed E-state index contributed by atoms with van der Waals surface area (Å²) in [5.41, 5.74) is -2.99. The normalized spacial score (nSPS) is 12.1. The second kappa shape index (κ2) is 7.30. The van der Waals surface area contributed by atoms with E-state index < -0.39 is 29.2 Å². The molecule has 29 heavy (non-hydrogen) atoms. The Balaban J connectivity index is 2.17. The van der Waals surface area contributed by atoms with Crippen LogP contribution in [0.1, 0.15) is 11.1 Å². The summed E-state index contributed by atoms with van der Waals surface area (Å²) in [6.07, 6.45) is -8.63. The van der Waals surface area contributed by atoms with E-state index >= 15 is 0 Å². The van der Waals surface area contributed by atoms with Crippen LogP contribution in [0.25, 0.3) is 10.9 Å². The molecule has 0 spiro atoms. The molecule has 0 bridgehead atoms. The summed E-state index contributed by atoms with van der Waals surface area (Å²) in [4.78, 5) is 7.89. The molecule has 2 aromatic carbocycles. The van der Waals surface area contributed by atoms with E-state index in [4.69, 9.17) is 9.47 Å². The maximum absolute atomic E-state index is 13.3. The van der Waals surface area contributed by atoms with E-state index in [0.717, 1.165) is 6.33 Å². The summed E-state index contributed by atoms with van der Waals surface area (Å²) < 4.78 is 89.3. The minimum Gasteiger partial charge on any atom is -0.493 e. The van der Waals surface area contributed by atoms with Crippen molar-refractivity contribution in [2.45, 2.75) is 12.4 Å². The standard InChI is InChI=1S/C18H13F6N3O2/c1-28-14-6-10-12(7-15(14)29-2)25-8-26-16(10)27-13-5-9(17(19,20)21)3-4-11(13)18(22,23)24/h3-8H,1-2H3,(H,25,26,27). The molecule has 5 nitrogen and oxygen atoms in total. The quantitative estimate of drug-likeness (QED) is 0.574. The number of anilines is 2. The lowest BCUT2D eigenvalue weighted by molar-refractivity contribution is -0.140. The van der Waals surface area contributed by atoms with E-state index in [1.54, 1.807) is 0 Å². The van der Waals surface area contributed by atoms with Gasteiger partial charge in [0.25, 0.3) is 0 Å². The Hall–Kier alpha value is -3.24. The number of fused-ring (bicyclic) bond motifs is 1. The van der Waals surface area contributed by atoms with Gasteiger partial charge in [0.2, 0.25) is 0 Å². The topological polar surface area (TPSA) is 56.3 Å². The fraction of sp³-hybridized carbons (Fsp3) is 0.222. The molecular formula is C18H13F6N3O2. The van der Waals surface area contributed by atoms with Gasteiger partial charge in [0.1, 0.15) is 12.1 Å². The molecule has 11 heteroatoms. The predicted octanol–water partition coefficient (Wildman–Crippen LogP) is 5.43. The molecule has 1 heterocycles. The Morgan fingerprint density at radius 3 is 2.07 bits per heavy atom. The molecule has 0 saturated carbocycles. The fourth-order valence-corrected chi connectivity index (χ4v) is 2.68. The number of methoxy groups -OCH3 is 2. The van der Waals surface area contributed by atoms with Gasteiger partial charge in [-0.25, -0.2) is 9.97 Å². The highest BCUT2D eigenvalue weighted by molar-refractivity contribution is 5.93. The highest BCUT2D eigenvalue weighted by atomic mass is 19.4. The van der Waals surface area contributed by atoms with Crippen molar-refractivity contribution >= 4 is 22.4 Å². The van der Waals surface area contributed by atoms with Gasteiger partial charge in [0, 0.05) is 11.5 Å². The van der Waals surface area contributed by atoms with Crippen molar-refractivity contribution in [1.29, 1.82) is 0 Å². The van der Waals surface area contributed by atoms with E-state index in [9.17, 15) is 26.3 Å². The molecule has 0 aliphatic rings. The van der Waals surface area contributed by atoms with Gasteiger partial charge >= 0.3 is 12.4 Å². The number of nitrogens with one attached hydrogen (secondary N) is 1. The number of aromatic nitrogens is 2. The van der Waals surface area contributed by atoms with Crippen molar-refractivity contribution in [3.8, 4) is 11.5 Å². The maximum Gasteiger partial charge on any atom is 0.418 e. The molecule has 0 aliphatic heterocycles. The van der Waals surface area contributed by atoms with E-state index in [0.29, 0.717) is 29.5 Å². The number of alkyl halides is 6. The molecule has 0 radical (unpaired) electrons. The predicted molar refractivity (Wildman–Crippen MR) is 92.4 cm³/mol. The van der Waals surface area contributed by atoms with Gasteiger partial charge < -0.3 is 14.8 Å². The highest BCUT2D eigenvalue weighted by Gasteiger charge is 2.37. The molecule has 0 fully saturated rings. The van der Waals surface area contributed by atoms with Crippen molar-refractivity contribution < 1.29 is 35.8 Å². The molecular weight excluding hydrogens is 404 g/mol. The highest BCUT2D eigenvalue weighted by Crippen LogP contribution is 2.41. The molecule has 0 saturated heterocycles. The van der Waals surface area contributed by atoms with Crippen LogP contribution in [-0.4, -0.2) is 24.2 Å². The largest absolute Gasteiger partial charge is 0.493 e. The lowest BCUT2D eigenvalue weighted by atomic mass is 10.1. The van der Waals surface area contributed by atoms with Crippen molar-refractivity contribution in [3.05, 3.63) is 47.8 Å². The minimum atomic E-state index is -4.88. The van der Waals surface area contributed by atoms with Gasteiger partial charge in [0.15, 0.2) is 11.5 Å². The van der Waals surface area contributed by atoms with Gasteiger partial charge in [-0.3, -0.25) is 0 Å². The maximum atomic E-state index is 13.3. The van der Waals surface area contributed by atoms with Gasteiger partial charge in [-0.05, 0) is 24.3 Å². The first-order valence-electron chi connectivity index (χ1n) is 7.96. The van der Waals surface area contributed by atoms with E-state index in [1.165, 1.54) is 26.4 Å². The number of halogens is 6. The number of hydrogen-bond donors (Lipinski definition) is 1. The van der Waals surface area contributed by atoms with E-state index in [2.05, 4.69) is 15.3 Å². The molecule has 1 aromatic heterocycles. The number of nitrogens with zero attached hydrogens (tertiary/aromatic N) is 2. The zero-order valence-corrected chi connectivity index (χ0v) is 14.9. The van der Waals surface area contributed by atoms with Gasteiger partial charge in [-0.2, -0.15) is 26.3 Å². The van der Waals surface area contributed by atoms with Crippen LogP contribution in [0.3, 0.4) is 0 Å². The monoisotopic (exact) mass is 417 g/mol. The Kier molecular flexibility index (Phi) is 5.16. The van der Waals surface area contributed by atoms with Crippen LogP contribution >= 0.6 is 0 Å². The third-order valence-electron chi connectivity index (χ3n) is 4.05. The Morgan fingerprint density at radius 2 is 1.48 bits per heavy atom. The summed E-state index contributed by atoms with van der Waals surface area (Å²) >= 11 is 0. The smallest absolute Gasteiger partial charge is 0.418 e. The SMILES string of the molecule is COc1cc2ncnc(Nc3cc(C(F)(F)F)ccc3C(F)(F)F)c2cc1OC. The zero-order chi connectivity index (χ0) is 21.4. The van der Waals surface area contributed by atoms with Crippen LogP contribution in [0.2, 0.25) is 0 Å². The lowest BCUT2D eigenvalue weighted by Gasteiger charge is -2.18. The van der Waals surface area contributed by atoms with Gasteiger partial charge in [-0.15, -0.1) is 0 Å². The molecule has 0 unspecified atom stereocenters. The minimum absolute atomic E-state index is 0.124. The zero-order valence-electron chi connectivity index (χ0n) is 14.9. The summed E-state index contributed by atoms with van der Waals surface area (Å²) in [7, 11) is 2.75. The molecule has 0 amide bonds. The van der Waals surface area contributed by atoms with Crippen LogP contribution in [-0.2, 0) is 12.4 Å². The van der Waals surface area contributed by atoms with Crippen LogP contribution < -0.4 is 14.8 Å². The number of benzene rings is 2. The lowest BCUT2D eigenvalue weighted by Crippen LogP contribution is -2.12. The Labute approximate surface area is 160 Å². The molecule has 3 aromatic rings. The molecule has 154 valence electrons. The van der Waals surface area contributed by atoms with Crippen LogP contribution in [0.15, 0.2) is 36.7 Å². The average molecular weight is 417 g/mol. The third-order valence-corrected chi connectivity index (χ3v) is 4.05. The number of hydrogen-bond acceptors (Lipinski definition) is 5. The van der Waals surface area contributed by atoms with Gasteiger partial charge in [-0.1, -0.05) is 0 Å². The molecule has 3 rings (SSSR count). The third kappa shape index (κ3) is 4.13. The Morgan fingerprint density at radius 1 is 0.828 bits per heavy atom. The van der Waals surface area contributed by atoms with Crippen LogP contribution in [0.4, 0.5) is 37.8 Å². The first-order valence-corrected chi connectivity index (χ1v) is 7.96. The Bertz CT molecular complexity index is 1050. The summed E-state index contributed by atoms with van der Waals surface area (Å²) in [6.45, 7) is 0.